The minimum Gasteiger partial charge on any atom is -0.260 e. The summed E-state index contributed by atoms with van der Waals surface area (Å²) < 4.78 is 0. The molecule has 0 N–H and O–H groups in total. The van der Waals surface area contributed by atoms with Crippen LogP contribution >= 0.6 is 0 Å². The van der Waals surface area contributed by atoms with Gasteiger partial charge < -0.3 is 0 Å². The molecular weight excluding hydrogens is 282 g/mol. The average molecular weight is 305 g/mol. The van der Waals surface area contributed by atoms with Gasteiger partial charge in [0, 0.05) is 12.1 Å². The van der Waals surface area contributed by atoms with Crippen molar-refractivity contribution >= 4 is 17.2 Å². The summed E-state index contributed by atoms with van der Waals surface area (Å²) in [6, 6.07) is 6.24. The number of rotatable bonds is 2. The summed E-state index contributed by atoms with van der Waals surface area (Å²) in [6.07, 6.45) is -0.0954. The molecular formula is C16H23N3O3. The first-order valence-electron chi connectivity index (χ1n) is 7.30. The minimum absolute atomic E-state index is 0.0638. The molecule has 22 heavy (non-hydrogen) atoms. The van der Waals surface area contributed by atoms with Gasteiger partial charge in [0.1, 0.15) is 6.10 Å². The Morgan fingerprint density at radius 2 is 1.68 bits per heavy atom. The van der Waals surface area contributed by atoms with E-state index >= 15 is 0 Å². The molecule has 0 aromatic heterocycles. The number of hydrogen-bond acceptors (Lipinski definition) is 4. The largest absolute Gasteiger partial charge is 0.269 e. The van der Waals surface area contributed by atoms with E-state index in [-0.39, 0.29) is 22.7 Å². The second-order valence-electron chi connectivity index (χ2n) is 7.56. The Labute approximate surface area is 130 Å². The van der Waals surface area contributed by atoms with E-state index in [0.29, 0.717) is 5.69 Å². The Bertz CT molecular complexity index is 573. The third-order valence-electron chi connectivity index (χ3n) is 3.35. The van der Waals surface area contributed by atoms with E-state index in [9.17, 15) is 10.1 Å². The molecule has 0 bridgehead atoms. The predicted octanol–water partition coefficient (Wildman–Crippen LogP) is 4.09. The van der Waals surface area contributed by atoms with Crippen LogP contribution in [0.1, 0.15) is 41.5 Å². The summed E-state index contributed by atoms with van der Waals surface area (Å²) in [5.41, 5.74) is 0.490. The van der Waals surface area contributed by atoms with Gasteiger partial charge in [-0.15, -0.1) is 0 Å². The van der Waals surface area contributed by atoms with Crippen molar-refractivity contribution in [2.45, 2.75) is 53.2 Å². The van der Waals surface area contributed by atoms with Crippen molar-refractivity contribution < 1.29 is 9.76 Å². The lowest BCUT2D eigenvalue weighted by Crippen LogP contribution is -2.65. The maximum Gasteiger partial charge on any atom is 0.269 e. The number of hydrogen-bond donors (Lipinski definition) is 0. The van der Waals surface area contributed by atoms with Gasteiger partial charge in [0.05, 0.1) is 16.1 Å². The van der Waals surface area contributed by atoms with Crippen LogP contribution in [-0.4, -0.2) is 27.5 Å². The Kier molecular flexibility index (Phi) is 4.00. The van der Waals surface area contributed by atoms with E-state index in [0.717, 1.165) is 5.84 Å². The molecule has 1 aromatic carbocycles. The highest BCUT2D eigenvalue weighted by Crippen LogP contribution is 2.38. The zero-order chi connectivity index (χ0) is 16.7. The van der Waals surface area contributed by atoms with Crippen molar-refractivity contribution in [2.75, 3.05) is 0 Å². The van der Waals surface area contributed by atoms with Gasteiger partial charge in [-0.2, -0.15) is 0 Å². The Hall–Kier alpha value is -1.95. The van der Waals surface area contributed by atoms with Crippen LogP contribution in [0.15, 0.2) is 29.3 Å². The number of benzene rings is 1. The fourth-order valence-corrected chi connectivity index (χ4v) is 2.20. The van der Waals surface area contributed by atoms with Gasteiger partial charge in [-0.05, 0) is 38.3 Å². The first-order chi connectivity index (χ1) is 10.00. The summed E-state index contributed by atoms with van der Waals surface area (Å²) in [5.74, 6) is 0.855. The molecule has 1 saturated heterocycles. The van der Waals surface area contributed by atoms with Crippen molar-refractivity contribution in [1.82, 2.24) is 5.06 Å². The van der Waals surface area contributed by atoms with E-state index in [4.69, 9.17) is 4.84 Å². The van der Waals surface area contributed by atoms with Gasteiger partial charge in [0.25, 0.3) is 5.69 Å². The van der Waals surface area contributed by atoms with Crippen LogP contribution in [0.2, 0.25) is 0 Å². The summed E-state index contributed by atoms with van der Waals surface area (Å²) in [7, 11) is 0. The standard InChI is InChI=1S/C16H23N3O3/c1-15(2,3)13-14(18(22-13)16(4,5)6)17-11-7-9-12(10-8-11)19(20)21/h7-10,13H,1-6H3. The summed E-state index contributed by atoms with van der Waals surface area (Å²) >= 11 is 0. The Morgan fingerprint density at radius 3 is 2.09 bits per heavy atom. The van der Waals surface area contributed by atoms with Crippen molar-refractivity contribution in [3.8, 4) is 0 Å². The van der Waals surface area contributed by atoms with Gasteiger partial charge >= 0.3 is 0 Å². The lowest BCUT2D eigenvalue weighted by molar-refractivity contribution is -0.384. The lowest BCUT2D eigenvalue weighted by atomic mass is 9.85. The van der Waals surface area contributed by atoms with Gasteiger partial charge in [-0.1, -0.05) is 20.8 Å². The van der Waals surface area contributed by atoms with Crippen LogP contribution in [-0.2, 0) is 4.84 Å². The van der Waals surface area contributed by atoms with E-state index in [2.05, 4.69) is 46.5 Å². The first-order valence-corrected chi connectivity index (χ1v) is 7.30. The first kappa shape index (κ1) is 16.4. The van der Waals surface area contributed by atoms with Crippen molar-refractivity contribution in [3.63, 3.8) is 0 Å². The van der Waals surface area contributed by atoms with E-state index in [1.54, 1.807) is 12.1 Å². The van der Waals surface area contributed by atoms with Crippen LogP contribution in [0.5, 0.6) is 0 Å². The van der Waals surface area contributed by atoms with E-state index in [1.165, 1.54) is 12.1 Å². The molecule has 1 aromatic rings. The number of amidine groups is 1. The highest BCUT2D eigenvalue weighted by molar-refractivity contribution is 5.92. The SMILES string of the molecule is CC(C)(C)C1ON(C(C)(C)C)C1=Nc1ccc([N+](=O)[O-])cc1. The highest BCUT2D eigenvalue weighted by Gasteiger charge is 2.48. The number of nitrogens with zero attached hydrogens (tertiary/aromatic N) is 3. The molecule has 2 rings (SSSR count). The third kappa shape index (κ3) is 3.27. The minimum atomic E-state index is -0.414. The van der Waals surface area contributed by atoms with Crippen LogP contribution in [0.25, 0.3) is 0 Å². The van der Waals surface area contributed by atoms with Crippen molar-refractivity contribution in [3.05, 3.63) is 34.4 Å². The maximum absolute atomic E-state index is 10.7. The lowest BCUT2D eigenvalue weighted by Gasteiger charge is -2.52. The maximum atomic E-state index is 10.7. The van der Waals surface area contributed by atoms with Crippen molar-refractivity contribution in [1.29, 1.82) is 0 Å². The Balaban J connectivity index is 2.33. The quantitative estimate of drug-likeness (QED) is 0.609. The van der Waals surface area contributed by atoms with Crippen LogP contribution in [0, 0.1) is 15.5 Å². The fourth-order valence-electron chi connectivity index (χ4n) is 2.20. The molecule has 0 amide bonds. The molecule has 6 heteroatoms. The second-order valence-corrected chi connectivity index (χ2v) is 7.56. The molecule has 1 heterocycles. The number of non-ortho nitro benzene ring substituents is 1. The summed E-state index contributed by atoms with van der Waals surface area (Å²) in [5, 5.41) is 12.5. The van der Waals surface area contributed by atoms with Crippen molar-refractivity contribution in [2.24, 2.45) is 10.4 Å². The number of nitro groups is 1. The fraction of sp³-hybridized carbons (Fsp3) is 0.562. The van der Waals surface area contributed by atoms with Gasteiger partial charge in [-0.25, -0.2) is 10.1 Å². The van der Waals surface area contributed by atoms with Crippen LogP contribution in [0.3, 0.4) is 0 Å². The van der Waals surface area contributed by atoms with Gasteiger partial charge in [-0.3, -0.25) is 15.0 Å². The molecule has 0 radical (unpaired) electrons. The molecule has 1 fully saturated rings. The number of nitro benzene ring substituents is 1. The monoisotopic (exact) mass is 305 g/mol. The highest BCUT2D eigenvalue weighted by atomic mass is 16.7. The zero-order valence-electron chi connectivity index (χ0n) is 14.0. The zero-order valence-corrected chi connectivity index (χ0v) is 14.0. The Morgan fingerprint density at radius 1 is 1.14 bits per heavy atom. The van der Waals surface area contributed by atoms with Crippen LogP contribution in [0.4, 0.5) is 11.4 Å². The molecule has 1 aliphatic heterocycles. The number of aliphatic imine (C=N–C) groups is 1. The molecule has 1 atom stereocenters. The van der Waals surface area contributed by atoms with E-state index < -0.39 is 4.92 Å². The third-order valence-corrected chi connectivity index (χ3v) is 3.35. The number of hydroxylamine groups is 2. The predicted molar refractivity (Wildman–Crippen MR) is 86.1 cm³/mol. The molecule has 1 aliphatic rings. The summed E-state index contributed by atoms with van der Waals surface area (Å²) in [4.78, 5) is 20.9. The smallest absolute Gasteiger partial charge is 0.260 e. The summed E-state index contributed by atoms with van der Waals surface area (Å²) in [6.45, 7) is 12.5. The molecule has 1 unspecified atom stereocenters. The normalized spacial score (nSPS) is 20.9. The molecule has 6 nitrogen and oxygen atoms in total. The molecule has 0 saturated carbocycles. The molecule has 120 valence electrons. The van der Waals surface area contributed by atoms with Gasteiger partial charge in [0.15, 0.2) is 5.84 Å². The second kappa shape index (κ2) is 5.35. The topological polar surface area (TPSA) is 68.0 Å². The van der Waals surface area contributed by atoms with E-state index in [1.807, 2.05) is 5.06 Å². The molecule has 0 spiro atoms. The van der Waals surface area contributed by atoms with Crippen LogP contribution < -0.4 is 0 Å². The van der Waals surface area contributed by atoms with Gasteiger partial charge in [0.2, 0.25) is 0 Å². The molecule has 0 aliphatic carbocycles. The average Bonchev–Trinajstić information content (AvgIpc) is 2.31.